The Morgan fingerprint density at radius 3 is 1.58 bits per heavy atom. The van der Waals surface area contributed by atoms with Crippen molar-refractivity contribution in [3.63, 3.8) is 0 Å². The normalized spacial score (nSPS) is 38.2. The first-order chi connectivity index (χ1) is 22.2. The van der Waals surface area contributed by atoms with Crippen LogP contribution in [0.15, 0.2) is 66.8 Å². The maximum atomic E-state index is 2.87. The van der Waals surface area contributed by atoms with Crippen LogP contribution in [-0.2, 0) is 0 Å². The van der Waals surface area contributed by atoms with E-state index in [1.807, 2.05) is 0 Å². The van der Waals surface area contributed by atoms with Gasteiger partial charge in [-0.15, -0.1) is 0 Å². The van der Waals surface area contributed by atoms with E-state index in [1.165, 1.54) is 103 Å². The molecule has 8 bridgehead atoms. The van der Waals surface area contributed by atoms with Gasteiger partial charge in [0, 0.05) is 22.3 Å². The van der Waals surface area contributed by atoms with Crippen molar-refractivity contribution in [3.8, 4) is 0 Å². The number of anilines is 2. The number of rotatable bonds is 0. The third-order valence-corrected chi connectivity index (χ3v) is 15.1. The Bertz CT molecular complexity index is 2080. The second kappa shape index (κ2) is 7.96. The van der Waals surface area contributed by atoms with Crippen molar-refractivity contribution < 1.29 is 0 Å². The molecule has 1 nitrogen and oxygen atoms in total. The minimum atomic E-state index is 0.396. The largest absolute Gasteiger partial charge is 0.331 e. The second-order valence-electron chi connectivity index (χ2n) is 17.3. The number of fused-ring (bicyclic) bond motifs is 10. The third kappa shape index (κ3) is 2.91. The monoisotopic (exact) mass is 583 g/mol. The third-order valence-electron chi connectivity index (χ3n) is 15.1. The van der Waals surface area contributed by atoms with Gasteiger partial charge in [0.25, 0.3) is 0 Å². The Balaban J connectivity index is 1.07. The Morgan fingerprint density at radius 2 is 1.00 bits per heavy atom. The van der Waals surface area contributed by atoms with E-state index >= 15 is 0 Å². The average molecular weight is 584 g/mol. The van der Waals surface area contributed by atoms with E-state index in [4.69, 9.17) is 0 Å². The summed E-state index contributed by atoms with van der Waals surface area (Å²) >= 11 is 0. The molecule has 2 aliphatic heterocycles. The molecule has 1 heteroatoms. The summed E-state index contributed by atoms with van der Waals surface area (Å²) in [5.74, 6) is 7.45. The van der Waals surface area contributed by atoms with Gasteiger partial charge in [0.05, 0.1) is 17.4 Å². The zero-order chi connectivity index (χ0) is 28.7. The summed E-state index contributed by atoms with van der Waals surface area (Å²) in [4.78, 5) is 2.87. The van der Waals surface area contributed by atoms with Crippen LogP contribution in [0.4, 0.5) is 11.4 Å². The van der Waals surface area contributed by atoms with Crippen molar-refractivity contribution in [2.24, 2.45) is 23.7 Å². The summed E-state index contributed by atoms with van der Waals surface area (Å²) in [6.07, 6.45) is 21.9. The van der Waals surface area contributed by atoms with E-state index in [1.54, 1.807) is 33.4 Å². The summed E-state index contributed by atoms with van der Waals surface area (Å²) in [7, 11) is 0. The summed E-state index contributed by atoms with van der Waals surface area (Å²) in [5, 5.41) is 6.02. The fraction of sp³-hybridized carbons (Fsp3) is 0.455. The molecule has 222 valence electrons. The zero-order valence-electron chi connectivity index (χ0n) is 26.1. The Hall–Kier alpha value is -3.32. The van der Waals surface area contributed by atoms with E-state index in [0.717, 1.165) is 47.3 Å². The SMILES string of the molecule is C1=CC2c3ccc4cc5c(cc4c3N3c4c(ccc6cc7c(cc46)C4CC6CC(CC7C6)C4)C(=C1)C23)C1CC2CC(CC5C2)C1. The highest BCUT2D eigenvalue weighted by molar-refractivity contribution is 6.13. The predicted octanol–water partition coefficient (Wildman–Crippen LogP) is 11.3. The highest BCUT2D eigenvalue weighted by atomic mass is 15.2. The zero-order valence-corrected chi connectivity index (χ0v) is 26.1. The van der Waals surface area contributed by atoms with Gasteiger partial charge >= 0.3 is 0 Å². The molecule has 6 unspecified atom stereocenters. The van der Waals surface area contributed by atoms with Gasteiger partial charge in [-0.05, 0) is 168 Å². The molecule has 0 N–H and O–H groups in total. The molecule has 2 heterocycles. The lowest BCUT2D eigenvalue weighted by Gasteiger charge is -2.38. The van der Waals surface area contributed by atoms with Gasteiger partial charge in [-0.3, -0.25) is 0 Å². The summed E-state index contributed by atoms with van der Waals surface area (Å²) < 4.78 is 0. The lowest BCUT2D eigenvalue weighted by molar-refractivity contribution is 0.165. The van der Waals surface area contributed by atoms with Crippen molar-refractivity contribution in [2.45, 2.75) is 99.8 Å². The highest BCUT2D eigenvalue weighted by Crippen LogP contribution is 2.64. The lowest BCUT2D eigenvalue weighted by Crippen LogP contribution is -2.26. The first-order valence-corrected chi connectivity index (χ1v) is 18.6. The van der Waals surface area contributed by atoms with Gasteiger partial charge in [0.2, 0.25) is 0 Å². The van der Waals surface area contributed by atoms with Crippen molar-refractivity contribution in [1.29, 1.82) is 0 Å². The van der Waals surface area contributed by atoms with Gasteiger partial charge in [0.15, 0.2) is 0 Å². The first-order valence-electron chi connectivity index (χ1n) is 18.6. The van der Waals surface area contributed by atoms with Crippen LogP contribution in [-0.4, -0.2) is 6.04 Å². The topological polar surface area (TPSA) is 3.24 Å². The van der Waals surface area contributed by atoms with E-state index in [-0.39, 0.29) is 0 Å². The summed E-state index contributed by atoms with van der Waals surface area (Å²) in [6, 6.07) is 21.2. The van der Waals surface area contributed by atoms with Crippen molar-refractivity contribution in [1.82, 2.24) is 0 Å². The molecule has 0 radical (unpaired) electrons. The van der Waals surface area contributed by atoms with E-state index < -0.39 is 0 Å². The molecule has 4 aromatic carbocycles. The first kappa shape index (κ1) is 23.9. The quantitative estimate of drug-likeness (QED) is 0.199. The van der Waals surface area contributed by atoms with Crippen LogP contribution in [0.25, 0.3) is 27.1 Å². The predicted molar refractivity (Wildman–Crippen MR) is 185 cm³/mol. The molecule has 0 amide bonds. The molecule has 11 aliphatic rings. The molecule has 45 heavy (non-hydrogen) atoms. The Labute approximate surface area is 266 Å². The molecule has 9 aliphatic carbocycles. The number of nitrogens with zero attached hydrogens (tertiary/aromatic N) is 1. The number of allylic oxidation sites excluding steroid dienone is 2. The Morgan fingerprint density at radius 1 is 0.489 bits per heavy atom. The van der Waals surface area contributed by atoms with Crippen LogP contribution in [0.1, 0.15) is 127 Å². The summed E-state index contributed by atoms with van der Waals surface area (Å²) in [6.45, 7) is 0. The van der Waals surface area contributed by atoms with Crippen LogP contribution >= 0.6 is 0 Å². The van der Waals surface area contributed by atoms with Crippen molar-refractivity contribution in [3.05, 3.63) is 100 Å². The molecule has 0 aromatic heterocycles. The standard InChI is InChI=1S/C44H41N/c1-2-32-34-6-4-26-18-36-28-10-22-8-23(11-28)15-30(14-22)38(36)20-40(26)43(34)45-42(32)33(3-1)35-7-5-27-19-37-29-12-24-9-25(13-29)17-31(16-24)39(37)21-41(27)44(35)45/h1-7,18-25,28-32,42H,8-17H2. The smallest absolute Gasteiger partial charge is 0.0702 e. The maximum absolute atomic E-state index is 2.87. The van der Waals surface area contributed by atoms with Crippen LogP contribution in [0.2, 0.25) is 0 Å². The molecule has 15 rings (SSSR count). The molecular weight excluding hydrogens is 542 g/mol. The van der Waals surface area contributed by atoms with Crippen LogP contribution < -0.4 is 4.90 Å². The lowest BCUT2D eigenvalue weighted by atomic mass is 9.67. The van der Waals surface area contributed by atoms with Crippen molar-refractivity contribution >= 4 is 38.5 Å². The van der Waals surface area contributed by atoms with Crippen LogP contribution in [0.3, 0.4) is 0 Å². The fourth-order valence-electron chi connectivity index (χ4n) is 13.8. The molecule has 0 saturated heterocycles. The van der Waals surface area contributed by atoms with Gasteiger partial charge in [-0.2, -0.15) is 0 Å². The van der Waals surface area contributed by atoms with Gasteiger partial charge in [-0.25, -0.2) is 0 Å². The molecule has 4 fully saturated rings. The number of hydrogen-bond donors (Lipinski definition) is 0. The average Bonchev–Trinajstić information content (AvgIpc) is 3.46. The Kier molecular flexibility index (Phi) is 4.24. The van der Waals surface area contributed by atoms with Crippen LogP contribution in [0.5, 0.6) is 0 Å². The highest BCUT2D eigenvalue weighted by Gasteiger charge is 2.50. The molecule has 0 spiro atoms. The molecule has 4 saturated carbocycles. The van der Waals surface area contributed by atoms with Gasteiger partial charge in [0.1, 0.15) is 0 Å². The van der Waals surface area contributed by atoms with E-state index in [9.17, 15) is 0 Å². The maximum Gasteiger partial charge on any atom is 0.0702 e. The fourth-order valence-corrected chi connectivity index (χ4v) is 13.8. The minimum absolute atomic E-state index is 0.396. The van der Waals surface area contributed by atoms with Gasteiger partial charge < -0.3 is 4.90 Å². The molecule has 4 aromatic rings. The summed E-state index contributed by atoms with van der Waals surface area (Å²) in [5.41, 5.74) is 14.6. The molecule has 6 atom stereocenters. The minimum Gasteiger partial charge on any atom is -0.331 e. The van der Waals surface area contributed by atoms with Crippen molar-refractivity contribution in [2.75, 3.05) is 4.90 Å². The number of hydrogen-bond acceptors (Lipinski definition) is 1. The van der Waals surface area contributed by atoms with E-state index in [0.29, 0.717) is 12.0 Å². The number of benzene rings is 4. The van der Waals surface area contributed by atoms with Crippen LogP contribution in [0, 0.1) is 23.7 Å². The molecular formula is C44H41N. The van der Waals surface area contributed by atoms with E-state index in [2.05, 4.69) is 71.7 Å². The second-order valence-corrected chi connectivity index (χ2v) is 17.3. The van der Waals surface area contributed by atoms with Gasteiger partial charge in [-0.1, -0.05) is 54.6 Å².